The van der Waals surface area contributed by atoms with Gasteiger partial charge >= 0.3 is 0 Å². The minimum absolute atomic E-state index is 0.00190. The Bertz CT molecular complexity index is 551. The molecule has 0 bridgehead atoms. The van der Waals surface area contributed by atoms with Crippen LogP contribution in [-0.2, 0) is 0 Å². The number of nitro benzene ring substituents is 1. The van der Waals surface area contributed by atoms with Crippen LogP contribution in [-0.4, -0.2) is 10.0 Å². The van der Waals surface area contributed by atoms with Crippen LogP contribution in [0.3, 0.4) is 0 Å². The maximum atomic E-state index is 10.5. The molecule has 1 atom stereocenters. The van der Waals surface area contributed by atoms with E-state index in [1.54, 1.807) is 24.3 Å². The van der Waals surface area contributed by atoms with E-state index >= 15 is 0 Å². The average molecular weight is 264 g/mol. The largest absolute Gasteiger partial charge is 0.384 e. The van der Waals surface area contributed by atoms with Crippen LogP contribution >= 0.6 is 11.6 Å². The number of halogens is 1. The summed E-state index contributed by atoms with van der Waals surface area (Å²) >= 11 is 5.76. The van der Waals surface area contributed by atoms with Crippen molar-refractivity contribution in [2.45, 2.75) is 6.10 Å². The second kappa shape index (κ2) is 5.16. The summed E-state index contributed by atoms with van der Waals surface area (Å²) in [7, 11) is 0. The second-order valence-electron chi connectivity index (χ2n) is 3.80. The lowest BCUT2D eigenvalue weighted by Crippen LogP contribution is -1.99. The van der Waals surface area contributed by atoms with Crippen molar-refractivity contribution >= 4 is 17.3 Å². The maximum absolute atomic E-state index is 10.5. The summed E-state index contributed by atoms with van der Waals surface area (Å²) in [5, 5.41) is 21.2. The molecule has 18 heavy (non-hydrogen) atoms. The van der Waals surface area contributed by atoms with Crippen molar-refractivity contribution in [3.8, 4) is 0 Å². The minimum Gasteiger partial charge on any atom is -0.384 e. The zero-order chi connectivity index (χ0) is 13.1. The molecule has 1 unspecified atom stereocenters. The summed E-state index contributed by atoms with van der Waals surface area (Å²) in [6, 6.07) is 12.6. The summed E-state index contributed by atoms with van der Waals surface area (Å²) in [5.41, 5.74) is 1.29. The highest BCUT2D eigenvalue weighted by molar-refractivity contribution is 6.30. The van der Waals surface area contributed by atoms with Crippen molar-refractivity contribution in [2.24, 2.45) is 0 Å². The van der Waals surface area contributed by atoms with Crippen molar-refractivity contribution < 1.29 is 10.0 Å². The number of non-ortho nitro benzene ring substituents is 1. The molecule has 5 heteroatoms. The normalized spacial score (nSPS) is 12.1. The van der Waals surface area contributed by atoms with E-state index in [2.05, 4.69) is 0 Å². The van der Waals surface area contributed by atoms with Gasteiger partial charge in [-0.2, -0.15) is 0 Å². The Morgan fingerprint density at radius 2 is 1.44 bits per heavy atom. The Morgan fingerprint density at radius 1 is 1.00 bits per heavy atom. The minimum atomic E-state index is -0.817. The van der Waals surface area contributed by atoms with Crippen LogP contribution < -0.4 is 0 Å². The van der Waals surface area contributed by atoms with Gasteiger partial charge < -0.3 is 5.11 Å². The van der Waals surface area contributed by atoms with E-state index in [-0.39, 0.29) is 5.69 Å². The molecule has 0 fully saturated rings. The van der Waals surface area contributed by atoms with Gasteiger partial charge in [0.1, 0.15) is 6.10 Å². The monoisotopic (exact) mass is 263 g/mol. The lowest BCUT2D eigenvalue weighted by molar-refractivity contribution is -0.384. The summed E-state index contributed by atoms with van der Waals surface area (Å²) < 4.78 is 0. The van der Waals surface area contributed by atoms with Gasteiger partial charge in [-0.25, -0.2) is 0 Å². The van der Waals surface area contributed by atoms with E-state index in [0.717, 1.165) is 0 Å². The zero-order valence-electron chi connectivity index (χ0n) is 9.29. The molecule has 0 aliphatic carbocycles. The third-order valence-corrected chi connectivity index (χ3v) is 2.86. The number of hydrogen-bond donors (Lipinski definition) is 1. The number of benzene rings is 2. The quantitative estimate of drug-likeness (QED) is 0.682. The lowest BCUT2D eigenvalue weighted by Gasteiger charge is -2.11. The van der Waals surface area contributed by atoms with Crippen molar-refractivity contribution in [3.63, 3.8) is 0 Å². The van der Waals surface area contributed by atoms with E-state index in [9.17, 15) is 15.2 Å². The molecule has 0 saturated carbocycles. The van der Waals surface area contributed by atoms with Crippen LogP contribution in [0, 0.1) is 10.1 Å². The Morgan fingerprint density at radius 3 is 1.89 bits per heavy atom. The number of hydrogen-bond acceptors (Lipinski definition) is 3. The van der Waals surface area contributed by atoms with Gasteiger partial charge in [0.25, 0.3) is 5.69 Å². The molecule has 2 aromatic carbocycles. The Kier molecular flexibility index (Phi) is 3.60. The molecule has 2 rings (SSSR count). The number of rotatable bonds is 3. The fourth-order valence-electron chi connectivity index (χ4n) is 1.62. The van der Waals surface area contributed by atoms with E-state index in [1.807, 2.05) is 0 Å². The molecule has 0 saturated heterocycles. The molecule has 4 nitrogen and oxygen atoms in total. The van der Waals surface area contributed by atoms with Crippen LogP contribution in [0.5, 0.6) is 0 Å². The molecule has 1 N–H and O–H groups in total. The first-order valence-electron chi connectivity index (χ1n) is 5.26. The Balaban J connectivity index is 2.25. The van der Waals surface area contributed by atoms with Gasteiger partial charge in [0.2, 0.25) is 0 Å². The van der Waals surface area contributed by atoms with Crippen molar-refractivity contribution in [3.05, 3.63) is 74.8 Å². The first kappa shape index (κ1) is 12.5. The number of nitrogens with zero attached hydrogens (tertiary/aromatic N) is 1. The molecule has 0 aromatic heterocycles. The molecule has 92 valence electrons. The number of aliphatic hydroxyl groups is 1. The number of nitro groups is 1. The summed E-state index contributed by atoms with van der Waals surface area (Å²) in [5.74, 6) is 0. The zero-order valence-corrected chi connectivity index (χ0v) is 10.0. The SMILES string of the molecule is O=[N+]([O-])c1ccc(C(O)c2ccc(Cl)cc2)cc1. The topological polar surface area (TPSA) is 63.4 Å². The fraction of sp³-hybridized carbons (Fsp3) is 0.0769. The van der Waals surface area contributed by atoms with E-state index in [0.29, 0.717) is 16.1 Å². The van der Waals surface area contributed by atoms with Crippen molar-refractivity contribution in [1.82, 2.24) is 0 Å². The van der Waals surface area contributed by atoms with Crippen molar-refractivity contribution in [1.29, 1.82) is 0 Å². The average Bonchev–Trinajstić information content (AvgIpc) is 2.39. The molecule has 0 amide bonds. The molecule has 0 spiro atoms. The van der Waals surface area contributed by atoms with E-state index < -0.39 is 11.0 Å². The Labute approximate surface area is 109 Å². The van der Waals surface area contributed by atoms with Gasteiger partial charge in [-0.05, 0) is 35.4 Å². The third kappa shape index (κ3) is 2.67. The standard InChI is InChI=1S/C13H10ClNO3/c14-11-5-1-9(2-6-11)13(16)10-3-7-12(8-4-10)15(17)18/h1-8,13,16H. The molecular formula is C13H10ClNO3. The van der Waals surface area contributed by atoms with Gasteiger partial charge in [0, 0.05) is 17.2 Å². The van der Waals surface area contributed by atoms with Gasteiger partial charge in [-0.1, -0.05) is 23.7 Å². The van der Waals surface area contributed by atoms with Gasteiger partial charge in [-0.15, -0.1) is 0 Å². The predicted octanol–water partition coefficient (Wildman–Crippen LogP) is 3.33. The second-order valence-corrected chi connectivity index (χ2v) is 4.24. The lowest BCUT2D eigenvalue weighted by atomic mass is 10.0. The van der Waals surface area contributed by atoms with Gasteiger partial charge in [0.05, 0.1) is 4.92 Å². The molecule has 2 aromatic rings. The smallest absolute Gasteiger partial charge is 0.269 e. The fourth-order valence-corrected chi connectivity index (χ4v) is 1.74. The van der Waals surface area contributed by atoms with Crippen LogP contribution in [0.2, 0.25) is 5.02 Å². The van der Waals surface area contributed by atoms with Crippen molar-refractivity contribution in [2.75, 3.05) is 0 Å². The summed E-state index contributed by atoms with van der Waals surface area (Å²) in [4.78, 5) is 10.0. The van der Waals surface area contributed by atoms with Crippen LogP contribution in [0.25, 0.3) is 0 Å². The molecule has 0 heterocycles. The maximum Gasteiger partial charge on any atom is 0.269 e. The summed E-state index contributed by atoms with van der Waals surface area (Å²) in [6.45, 7) is 0. The van der Waals surface area contributed by atoms with Gasteiger partial charge in [-0.3, -0.25) is 10.1 Å². The Hall–Kier alpha value is -1.91. The first-order chi connectivity index (χ1) is 8.58. The molecule has 0 radical (unpaired) electrons. The number of aliphatic hydroxyl groups excluding tert-OH is 1. The molecular weight excluding hydrogens is 254 g/mol. The van der Waals surface area contributed by atoms with Crippen LogP contribution in [0.1, 0.15) is 17.2 Å². The highest BCUT2D eigenvalue weighted by Gasteiger charge is 2.12. The highest BCUT2D eigenvalue weighted by Crippen LogP contribution is 2.24. The van der Waals surface area contributed by atoms with Crippen LogP contribution in [0.15, 0.2) is 48.5 Å². The van der Waals surface area contributed by atoms with E-state index in [4.69, 9.17) is 11.6 Å². The summed E-state index contributed by atoms with van der Waals surface area (Å²) in [6.07, 6.45) is -0.817. The highest BCUT2D eigenvalue weighted by atomic mass is 35.5. The molecule has 0 aliphatic heterocycles. The predicted molar refractivity (Wildman–Crippen MR) is 68.6 cm³/mol. The van der Waals surface area contributed by atoms with E-state index in [1.165, 1.54) is 24.3 Å². The third-order valence-electron chi connectivity index (χ3n) is 2.61. The van der Waals surface area contributed by atoms with Crippen LogP contribution in [0.4, 0.5) is 5.69 Å². The molecule has 0 aliphatic rings. The van der Waals surface area contributed by atoms with Gasteiger partial charge in [0.15, 0.2) is 0 Å². The first-order valence-corrected chi connectivity index (χ1v) is 5.63.